The van der Waals surface area contributed by atoms with Crippen molar-refractivity contribution < 1.29 is 27.8 Å². The number of nitrogens with zero attached hydrogens (tertiary/aromatic N) is 4. The van der Waals surface area contributed by atoms with E-state index in [9.17, 15) is 18.7 Å². The highest BCUT2D eigenvalue weighted by atomic mass is 19.1. The number of fused-ring (bicyclic) bond motifs is 3. The summed E-state index contributed by atoms with van der Waals surface area (Å²) < 4.78 is 52.6. The Kier molecular flexibility index (Phi) is 6.83. The number of benzene rings is 3. The van der Waals surface area contributed by atoms with E-state index in [-0.39, 0.29) is 40.9 Å². The number of aromatic nitrogens is 2. The maximum absolute atomic E-state index is 16.9. The van der Waals surface area contributed by atoms with Crippen molar-refractivity contribution in [3.8, 4) is 22.9 Å². The van der Waals surface area contributed by atoms with Gasteiger partial charge in [0.1, 0.15) is 35.7 Å². The van der Waals surface area contributed by atoms with E-state index in [1.165, 1.54) is 12.1 Å². The average molecular weight is 632 g/mol. The Morgan fingerprint density at radius 3 is 2.72 bits per heavy atom. The number of aromatic hydroxyl groups is 1. The van der Waals surface area contributed by atoms with Gasteiger partial charge in [-0.2, -0.15) is 9.97 Å². The van der Waals surface area contributed by atoms with Gasteiger partial charge in [-0.3, -0.25) is 9.69 Å². The third-order valence-electron chi connectivity index (χ3n) is 10.6. The highest BCUT2D eigenvalue weighted by Gasteiger charge is 2.50. The molecule has 0 unspecified atom stereocenters. The lowest BCUT2D eigenvalue weighted by molar-refractivity contribution is -0.133. The highest BCUT2D eigenvalue weighted by molar-refractivity contribution is 6.03. The van der Waals surface area contributed by atoms with Crippen LogP contribution in [-0.2, 0) is 11.2 Å². The molecule has 2 N–H and O–H groups in total. The van der Waals surface area contributed by atoms with Gasteiger partial charge in [0.2, 0.25) is 5.91 Å². The van der Waals surface area contributed by atoms with Crippen LogP contribution >= 0.6 is 0 Å². The number of phenolic OH excluding ortho intramolecular Hbond substituents is 1. The first-order valence-electron chi connectivity index (χ1n) is 16.2. The number of nitrogens with one attached hydrogen (secondary N) is 1. The minimum Gasteiger partial charge on any atom is -0.508 e. The Morgan fingerprint density at radius 2 is 1.91 bits per heavy atom. The Labute approximate surface area is 264 Å². The molecule has 11 heteroatoms. The quantitative estimate of drug-likeness (QED) is 0.260. The molecular formula is C35H36F3N5O3. The Hall–Kier alpha value is -4.12. The van der Waals surface area contributed by atoms with Crippen LogP contribution in [0.3, 0.4) is 0 Å². The van der Waals surface area contributed by atoms with Crippen LogP contribution in [0.1, 0.15) is 51.0 Å². The molecule has 0 bridgehead atoms. The second-order valence-electron chi connectivity index (χ2n) is 13.5. The van der Waals surface area contributed by atoms with Crippen molar-refractivity contribution in [3.05, 3.63) is 53.6 Å². The smallest absolute Gasteiger partial charge is 0.319 e. The van der Waals surface area contributed by atoms with Crippen LogP contribution in [0.5, 0.6) is 11.8 Å². The molecule has 0 saturated carbocycles. The molecule has 1 amide bonds. The summed E-state index contributed by atoms with van der Waals surface area (Å²) >= 11 is 0. The summed E-state index contributed by atoms with van der Waals surface area (Å²) in [6.45, 7) is 4.40. The molecule has 3 aromatic carbocycles. The fraction of sp³-hybridized carbons (Fsp3) is 0.457. The van der Waals surface area contributed by atoms with Gasteiger partial charge in [-0.25, -0.2) is 13.2 Å². The van der Waals surface area contributed by atoms with Gasteiger partial charge in [-0.15, -0.1) is 0 Å². The number of hydrogen-bond acceptors (Lipinski definition) is 7. The first kappa shape index (κ1) is 29.3. The van der Waals surface area contributed by atoms with Crippen molar-refractivity contribution in [2.45, 2.75) is 69.1 Å². The molecule has 240 valence electrons. The van der Waals surface area contributed by atoms with Crippen molar-refractivity contribution in [3.63, 3.8) is 0 Å². The highest BCUT2D eigenvalue weighted by Crippen LogP contribution is 2.43. The third-order valence-corrected chi connectivity index (χ3v) is 10.6. The predicted octanol–water partition coefficient (Wildman–Crippen LogP) is 5.81. The second kappa shape index (κ2) is 10.7. The monoisotopic (exact) mass is 631 g/mol. The number of carbonyl (C=O) groups excluding carboxylic acids is 1. The number of halogens is 3. The maximum Gasteiger partial charge on any atom is 0.319 e. The lowest BCUT2D eigenvalue weighted by Gasteiger charge is -2.49. The van der Waals surface area contributed by atoms with E-state index in [2.05, 4.69) is 20.1 Å². The molecule has 4 saturated heterocycles. The van der Waals surface area contributed by atoms with Gasteiger partial charge in [-0.05, 0) is 84.8 Å². The van der Waals surface area contributed by atoms with Crippen LogP contribution in [0.4, 0.5) is 19.0 Å². The molecule has 46 heavy (non-hydrogen) atoms. The third kappa shape index (κ3) is 4.65. The van der Waals surface area contributed by atoms with Gasteiger partial charge in [0, 0.05) is 37.0 Å². The average Bonchev–Trinajstić information content (AvgIpc) is 3.55. The number of anilines is 1. The molecule has 0 radical (unpaired) electrons. The topological polar surface area (TPSA) is 90.8 Å². The number of piperidine rings is 1. The zero-order chi connectivity index (χ0) is 31.8. The van der Waals surface area contributed by atoms with Crippen LogP contribution in [0.25, 0.3) is 32.8 Å². The van der Waals surface area contributed by atoms with Crippen LogP contribution < -0.4 is 15.0 Å². The van der Waals surface area contributed by atoms with E-state index in [1.807, 2.05) is 6.92 Å². The molecule has 1 spiro atoms. The minimum absolute atomic E-state index is 0.000380. The number of ether oxygens (including phenoxy) is 1. The van der Waals surface area contributed by atoms with Crippen molar-refractivity contribution in [1.82, 2.24) is 20.2 Å². The molecule has 0 aliphatic carbocycles. The molecule has 3 atom stereocenters. The fourth-order valence-electron chi connectivity index (χ4n) is 8.49. The van der Waals surface area contributed by atoms with Crippen LogP contribution in [0.15, 0.2) is 36.4 Å². The molecule has 4 aliphatic heterocycles. The first-order chi connectivity index (χ1) is 22.2. The van der Waals surface area contributed by atoms with Crippen molar-refractivity contribution in [2.75, 3.05) is 37.7 Å². The molecule has 1 aromatic heterocycles. The lowest BCUT2D eigenvalue weighted by Crippen LogP contribution is -2.68. The van der Waals surface area contributed by atoms with E-state index in [4.69, 9.17) is 9.72 Å². The number of rotatable bonds is 6. The van der Waals surface area contributed by atoms with Crippen LogP contribution in [0, 0.1) is 11.6 Å². The number of hydrogen-bond donors (Lipinski definition) is 2. The SMILES string of the molecule is CCc1c(F)ccc2cc(O)cc(-c3ccc4c(N5CCC[C@]6(CC(=O)N6)C5)nc(OC[C@@]56CCCN5C[C@H](F)C6)nc4c3F)c12. The summed E-state index contributed by atoms with van der Waals surface area (Å²) in [7, 11) is 0. The van der Waals surface area contributed by atoms with E-state index < -0.39 is 23.3 Å². The van der Waals surface area contributed by atoms with E-state index >= 15 is 4.39 Å². The summed E-state index contributed by atoms with van der Waals surface area (Å²) in [5, 5.41) is 15.3. The van der Waals surface area contributed by atoms with Gasteiger partial charge >= 0.3 is 6.01 Å². The molecule has 4 aromatic rings. The van der Waals surface area contributed by atoms with Crippen molar-refractivity contribution in [1.29, 1.82) is 0 Å². The summed E-state index contributed by atoms with van der Waals surface area (Å²) in [4.78, 5) is 25.5. The molecular weight excluding hydrogens is 595 g/mol. The standard InChI is InChI=1S/C35H36F3N5O3/c1-2-23-27(37)8-5-20-13-22(44)14-26(29(20)23)24-6-7-25-31(30(24)38)39-33(46-19-35-10-4-12-43(35)17-21(36)15-35)40-32(25)42-11-3-9-34(18-42)16-28(45)41-34/h5-8,13-14,21,44H,2-4,9-12,15-19H2,1H3,(H,41,45)/t21-,34+,35+/m1/s1. The predicted molar refractivity (Wildman–Crippen MR) is 169 cm³/mol. The summed E-state index contributed by atoms with van der Waals surface area (Å²) in [5.41, 5.74) is 0.214. The number of alkyl halides is 1. The first-order valence-corrected chi connectivity index (χ1v) is 16.2. The number of phenols is 1. The second-order valence-corrected chi connectivity index (χ2v) is 13.5. The fourth-order valence-corrected chi connectivity index (χ4v) is 8.49. The van der Waals surface area contributed by atoms with Gasteiger partial charge in [0.05, 0.1) is 17.5 Å². The molecule has 8 nitrogen and oxygen atoms in total. The normalized spacial score (nSPS) is 26.1. The number of β-lactam (4-membered cyclic amide) rings is 1. The van der Waals surface area contributed by atoms with Crippen molar-refractivity contribution >= 4 is 33.4 Å². The largest absolute Gasteiger partial charge is 0.508 e. The summed E-state index contributed by atoms with van der Waals surface area (Å²) in [5.74, 6) is -0.584. The van der Waals surface area contributed by atoms with Gasteiger partial charge in [-0.1, -0.05) is 19.1 Å². The Morgan fingerprint density at radius 1 is 1.09 bits per heavy atom. The zero-order valence-electron chi connectivity index (χ0n) is 25.7. The van der Waals surface area contributed by atoms with Crippen LogP contribution in [0.2, 0.25) is 0 Å². The van der Waals surface area contributed by atoms with Gasteiger partial charge in [0.25, 0.3) is 0 Å². The maximum atomic E-state index is 16.9. The molecule has 5 heterocycles. The van der Waals surface area contributed by atoms with Gasteiger partial charge < -0.3 is 20.1 Å². The van der Waals surface area contributed by atoms with E-state index in [0.29, 0.717) is 72.0 Å². The molecule has 4 fully saturated rings. The molecule has 4 aliphatic rings. The van der Waals surface area contributed by atoms with Crippen molar-refractivity contribution in [2.24, 2.45) is 0 Å². The minimum atomic E-state index is -0.922. The number of carbonyl (C=O) groups is 1. The zero-order valence-corrected chi connectivity index (χ0v) is 25.7. The van der Waals surface area contributed by atoms with Gasteiger partial charge in [0.15, 0.2) is 5.82 Å². The number of aryl methyl sites for hydroxylation is 1. The lowest BCUT2D eigenvalue weighted by atomic mass is 9.79. The summed E-state index contributed by atoms with van der Waals surface area (Å²) in [6.07, 6.45) is 3.70. The number of amides is 1. The van der Waals surface area contributed by atoms with Crippen LogP contribution in [-0.4, -0.2) is 75.9 Å². The van der Waals surface area contributed by atoms with E-state index in [0.717, 1.165) is 32.2 Å². The molecule has 8 rings (SSSR count). The Bertz CT molecular complexity index is 1900. The van der Waals surface area contributed by atoms with E-state index in [1.54, 1.807) is 24.3 Å². The Balaban J connectivity index is 1.27. The summed E-state index contributed by atoms with van der Waals surface area (Å²) in [6, 6.07) is 9.34.